The Morgan fingerprint density at radius 3 is 2.73 bits per heavy atom. The third kappa shape index (κ3) is 2.87. The Morgan fingerprint density at radius 1 is 1.23 bits per heavy atom. The topological polar surface area (TPSA) is 66.4 Å². The van der Waals surface area contributed by atoms with E-state index >= 15 is 0 Å². The third-order valence-electron chi connectivity index (χ3n) is 3.77. The first-order chi connectivity index (χ1) is 10.5. The van der Waals surface area contributed by atoms with Crippen molar-refractivity contribution >= 4 is 23.2 Å². The second-order valence-electron chi connectivity index (χ2n) is 5.23. The van der Waals surface area contributed by atoms with Crippen LogP contribution in [0.4, 0.5) is 4.39 Å². The second kappa shape index (κ2) is 5.88. The molecule has 1 aromatic carbocycles. The van der Waals surface area contributed by atoms with Crippen LogP contribution in [0.15, 0.2) is 30.3 Å². The zero-order valence-corrected chi connectivity index (χ0v) is 12.5. The predicted octanol–water partition coefficient (Wildman–Crippen LogP) is 3.39. The summed E-state index contributed by atoms with van der Waals surface area (Å²) in [6, 6.07) is 7.40. The summed E-state index contributed by atoms with van der Waals surface area (Å²) in [6.45, 7) is 0. The van der Waals surface area contributed by atoms with Crippen LogP contribution < -0.4 is 5.32 Å². The molecule has 3 rings (SSSR count). The molecule has 0 bridgehead atoms. The summed E-state index contributed by atoms with van der Waals surface area (Å²) < 4.78 is 13.3. The summed E-state index contributed by atoms with van der Waals surface area (Å²) in [6.07, 6.45) is 2.48. The summed E-state index contributed by atoms with van der Waals surface area (Å²) in [5.41, 5.74) is 1.87. The number of nitrogens with one attached hydrogen (secondary N) is 1. The first kappa shape index (κ1) is 14.7. The van der Waals surface area contributed by atoms with Gasteiger partial charge in [-0.3, -0.25) is 4.79 Å². The number of carboxylic acids is 1. The molecule has 6 heteroatoms. The van der Waals surface area contributed by atoms with Gasteiger partial charge in [0.1, 0.15) is 10.7 Å². The highest BCUT2D eigenvalue weighted by atomic mass is 32.1. The quantitative estimate of drug-likeness (QED) is 0.911. The molecule has 1 amide bonds. The van der Waals surface area contributed by atoms with Crippen molar-refractivity contribution in [2.45, 2.75) is 25.3 Å². The predicted molar refractivity (Wildman–Crippen MR) is 80.8 cm³/mol. The van der Waals surface area contributed by atoms with Gasteiger partial charge >= 0.3 is 5.97 Å². The molecule has 1 aliphatic carbocycles. The van der Waals surface area contributed by atoms with E-state index < -0.39 is 5.97 Å². The lowest BCUT2D eigenvalue weighted by molar-refractivity contribution is 0.0702. The number of amides is 1. The Labute approximate surface area is 130 Å². The molecule has 0 fully saturated rings. The van der Waals surface area contributed by atoms with Gasteiger partial charge in [-0.15, -0.1) is 11.3 Å². The molecule has 1 atom stereocenters. The SMILES string of the molecule is O=C(O)c1ccc(C(=O)NC2CCCc3cc(F)ccc32)s1. The number of aryl methyl sites for hydroxylation is 1. The van der Waals surface area contributed by atoms with Gasteiger partial charge in [-0.05, 0) is 54.7 Å². The highest BCUT2D eigenvalue weighted by Gasteiger charge is 2.23. The van der Waals surface area contributed by atoms with Gasteiger partial charge in [-0.2, -0.15) is 0 Å². The molecule has 0 spiro atoms. The molecule has 2 N–H and O–H groups in total. The molecule has 2 aromatic rings. The molecule has 0 aliphatic heterocycles. The minimum Gasteiger partial charge on any atom is -0.477 e. The van der Waals surface area contributed by atoms with Crippen molar-refractivity contribution in [1.29, 1.82) is 0 Å². The van der Waals surface area contributed by atoms with Crippen molar-refractivity contribution in [2.24, 2.45) is 0 Å². The highest BCUT2D eigenvalue weighted by Crippen LogP contribution is 2.30. The summed E-state index contributed by atoms with van der Waals surface area (Å²) in [5.74, 6) is -1.60. The molecule has 0 saturated heterocycles. The highest BCUT2D eigenvalue weighted by molar-refractivity contribution is 7.15. The minimum atomic E-state index is -1.04. The van der Waals surface area contributed by atoms with Crippen LogP contribution in [0.2, 0.25) is 0 Å². The van der Waals surface area contributed by atoms with Crippen LogP contribution in [0.3, 0.4) is 0 Å². The van der Waals surface area contributed by atoms with E-state index in [1.807, 2.05) is 0 Å². The standard InChI is InChI=1S/C16H14FNO3S/c17-10-4-5-11-9(8-10)2-1-3-12(11)18-15(19)13-6-7-14(22-13)16(20)21/h4-8,12H,1-3H2,(H,18,19)(H,20,21). The Morgan fingerprint density at radius 2 is 2.00 bits per heavy atom. The lowest BCUT2D eigenvalue weighted by Crippen LogP contribution is -2.30. The number of carbonyl (C=O) groups excluding carboxylic acids is 1. The number of hydrogen-bond donors (Lipinski definition) is 2. The molecule has 22 heavy (non-hydrogen) atoms. The number of aromatic carboxylic acids is 1. The van der Waals surface area contributed by atoms with Gasteiger partial charge in [0.15, 0.2) is 0 Å². The summed E-state index contributed by atoms with van der Waals surface area (Å²) in [7, 11) is 0. The van der Waals surface area contributed by atoms with E-state index in [0.29, 0.717) is 4.88 Å². The minimum absolute atomic E-state index is 0.135. The third-order valence-corrected chi connectivity index (χ3v) is 4.84. The number of fused-ring (bicyclic) bond motifs is 1. The van der Waals surface area contributed by atoms with Crippen LogP contribution in [0.25, 0.3) is 0 Å². The van der Waals surface area contributed by atoms with E-state index in [2.05, 4.69) is 5.32 Å². The number of carboxylic acid groups (broad SMARTS) is 1. The molecular formula is C16H14FNO3S. The van der Waals surface area contributed by atoms with E-state index in [0.717, 1.165) is 41.7 Å². The fraction of sp³-hybridized carbons (Fsp3) is 0.250. The molecule has 114 valence electrons. The molecule has 1 aromatic heterocycles. The van der Waals surface area contributed by atoms with Crippen LogP contribution >= 0.6 is 11.3 Å². The Kier molecular flexibility index (Phi) is 3.94. The van der Waals surface area contributed by atoms with Crippen molar-refractivity contribution in [1.82, 2.24) is 5.32 Å². The Hall–Kier alpha value is -2.21. The van der Waals surface area contributed by atoms with Crippen molar-refractivity contribution in [3.63, 3.8) is 0 Å². The number of benzene rings is 1. The van der Waals surface area contributed by atoms with Crippen LogP contribution in [0.1, 0.15) is 49.4 Å². The average Bonchev–Trinajstić information content (AvgIpc) is 2.97. The molecule has 1 aliphatic rings. The van der Waals surface area contributed by atoms with Gasteiger partial charge in [0.05, 0.1) is 10.9 Å². The van der Waals surface area contributed by atoms with E-state index in [1.54, 1.807) is 6.07 Å². The zero-order valence-electron chi connectivity index (χ0n) is 11.6. The molecule has 0 saturated carbocycles. The van der Waals surface area contributed by atoms with Gasteiger partial charge in [-0.25, -0.2) is 9.18 Å². The first-order valence-corrected chi connectivity index (χ1v) is 7.78. The Balaban J connectivity index is 1.79. The number of halogens is 1. The smallest absolute Gasteiger partial charge is 0.345 e. The van der Waals surface area contributed by atoms with Gasteiger partial charge in [-0.1, -0.05) is 6.07 Å². The number of hydrogen-bond acceptors (Lipinski definition) is 3. The lowest BCUT2D eigenvalue weighted by atomic mass is 9.87. The summed E-state index contributed by atoms with van der Waals surface area (Å²) >= 11 is 0.950. The number of thiophene rings is 1. The maximum Gasteiger partial charge on any atom is 0.345 e. The van der Waals surface area contributed by atoms with E-state index in [4.69, 9.17) is 5.11 Å². The zero-order chi connectivity index (χ0) is 15.7. The molecular weight excluding hydrogens is 305 g/mol. The maximum absolute atomic E-state index is 13.3. The molecule has 1 unspecified atom stereocenters. The van der Waals surface area contributed by atoms with Crippen LogP contribution in [0.5, 0.6) is 0 Å². The number of carbonyl (C=O) groups is 2. The van der Waals surface area contributed by atoms with E-state index in [1.165, 1.54) is 24.3 Å². The van der Waals surface area contributed by atoms with Gasteiger partial charge < -0.3 is 10.4 Å². The van der Waals surface area contributed by atoms with Gasteiger partial charge in [0.25, 0.3) is 5.91 Å². The van der Waals surface area contributed by atoms with Crippen LogP contribution in [-0.2, 0) is 6.42 Å². The van der Waals surface area contributed by atoms with E-state index in [-0.39, 0.29) is 22.6 Å². The molecule has 4 nitrogen and oxygen atoms in total. The second-order valence-corrected chi connectivity index (χ2v) is 6.31. The summed E-state index contributed by atoms with van der Waals surface area (Å²) in [5, 5.41) is 11.8. The fourth-order valence-corrected chi connectivity index (χ4v) is 3.49. The van der Waals surface area contributed by atoms with Gasteiger partial charge in [0, 0.05) is 0 Å². The summed E-state index contributed by atoms with van der Waals surface area (Å²) in [4.78, 5) is 23.6. The van der Waals surface area contributed by atoms with Crippen molar-refractivity contribution in [2.75, 3.05) is 0 Å². The van der Waals surface area contributed by atoms with Crippen LogP contribution in [0, 0.1) is 5.82 Å². The van der Waals surface area contributed by atoms with Crippen molar-refractivity contribution in [3.8, 4) is 0 Å². The van der Waals surface area contributed by atoms with Crippen molar-refractivity contribution in [3.05, 3.63) is 57.0 Å². The fourth-order valence-electron chi connectivity index (χ4n) is 2.74. The average molecular weight is 319 g/mol. The monoisotopic (exact) mass is 319 g/mol. The van der Waals surface area contributed by atoms with Crippen LogP contribution in [-0.4, -0.2) is 17.0 Å². The largest absolute Gasteiger partial charge is 0.477 e. The van der Waals surface area contributed by atoms with Crippen molar-refractivity contribution < 1.29 is 19.1 Å². The maximum atomic E-state index is 13.3. The van der Waals surface area contributed by atoms with Gasteiger partial charge in [0.2, 0.25) is 0 Å². The first-order valence-electron chi connectivity index (χ1n) is 6.97. The lowest BCUT2D eigenvalue weighted by Gasteiger charge is -2.26. The molecule has 0 radical (unpaired) electrons. The number of rotatable bonds is 3. The Bertz CT molecular complexity index is 741. The molecule has 1 heterocycles. The van der Waals surface area contributed by atoms with E-state index in [9.17, 15) is 14.0 Å². The normalized spacial score (nSPS) is 16.9.